The fourth-order valence-corrected chi connectivity index (χ4v) is 4.67. The lowest BCUT2D eigenvalue weighted by Gasteiger charge is -2.47. The molecule has 2 aliphatic rings. The molecule has 3 nitrogen and oxygen atoms in total. The van der Waals surface area contributed by atoms with E-state index in [1.807, 2.05) is 0 Å². The maximum atomic E-state index is 13.5. The van der Waals surface area contributed by atoms with Crippen molar-refractivity contribution in [2.24, 2.45) is 5.92 Å². The van der Waals surface area contributed by atoms with Crippen molar-refractivity contribution < 1.29 is 26.7 Å². The summed E-state index contributed by atoms with van der Waals surface area (Å²) in [5, 5.41) is 0. The summed E-state index contributed by atoms with van der Waals surface area (Å²) in [5.74, 6) is -1.47. The van der Waals surface area contributed by atoms with E-state index in [-0.39, 0.29) is 17.9 Å². The van der Waals surface area contributed by atoms with E-state index in [0.29, 0.717) is 37.2 Å². The van der Waals surface area contributed by atoms with Crippen LogP contribution in [-0.2, 0) is 24.1 Å². The number of piperidine rings is 2. The van der Waals surface area contributed by atoms with Crippen LogP contribution >= 0.6 is 0 Å². The number of halogens is 5. The van der Waals surface area contributed by atoms with Crippen molar-refractivity contribution in [2.75, 3.05) is 13.1 Å². The predicted octanol–water partition coefficient (Wildman–Crippen LogP) is 5.00. The van der Waals surface area contributed by atoms with Crippen LogP contribution in [0.25, 0.3) is 0 Å². The van der Waals surface area contributed by atoms with Gasteiger partial charge >= 0.3 is 6.18 Å². The van der Waals surface area contributed by atoms with E-state index in [0.717, 1.165) is 37.6 Å². The fourth-order valence-electron chi connectivity index (χ4n) is 4.67. The Hall–Kier alpha value is -2.48. The quantitative estimate of drug-likeness (QED) is 0.628. The number of carbonyl (C=O) groups excluding carboxylic acids is 1. The molecule has 2 saturated heterocycles. The van der Waals surface area contributed by atoms with Crippen molar-refractivity contribution in [1.82, 2.24) is 9.80 Å². The van der Waals surface area contributed by atoms with Crippen molar-refractivity contribution in [2.45, 2.75) is 44.6 Å². The minimum absolute atomic E-state index is 0.0233. The Labute approximate surface area is 177 Å². The Bertz CT molecular complexity index is 944. The highest BCUT2D eigenvalue weighted by Gasteiger charge is 2.39. The maximum absolute atomic E-state index is 13.5. The molecule has 2 aromatic rings. The Morgan fingerprint density at radius 3 is 2.29 bits per heavy atom. The lowest BCUT2D eigenvalue weighted by atomic mass is 9.83. The lowest BCUT2D eigenvalue weighted by Crippen LogP contribution is -2.55. The summed E-state index contributed by atoms with van der Waals surface area (Å²) in [6.45, 7) is 2.24. The highest BCUT2D eigenvalue weighted by atomic mass is 19.4. The second-order valence-electron chi connectivity index (χ2n) is 8.35. The van der Waals surface area contributed by atoms with Crippen LogP contribution in [0, 0.1) is 17.6 Å². The molecule has 0 N–H and O–H groups in total. The van der Waals surface area contributed by atoms with Gasteiger partial charge in [-0.15, -0.1) is 0 Å². The minimum atomic E-state index is -4.38. The van der Waals surface area contributed by atoms with Gasteiger partial charge in [0.25, 0.3) is 0 Å². The molecular weight excluding hydrogens is 415 g/mol. The molecule has 2 aliphatic heterocycles. The van der Waals surface area contributed by atoms with Crippen molar-refractivity contribution in [3.05, 3.63) is 70.8 Å². The normalized spacial score (nSPS) is 22.5. The van der Waals surface area contributed by atoms with E-state index in [9.17, 15) is 26.7 Å². The number of alkyl halides is 3. The molecule has 4 rings (SSSR count). The van der Waals surface area contributed by atoms with Crippen LogP contribution in [0.2, 0.25) is 0 Å². The maximum Gasteiger partial charge on any atom is 0.416 e. The zero-order chi connectivity index (χ0) is 22.2. The molecule has 2 heterocycles. The summed E-state index contributed by atoms with van der Waals surface area (Å²) in [6, 6.07) is 8.90. The van der Waals surface area contributed by atoms with Gasteiger partial charge in [0, 0.05) is 38.6 Å². The Kier molecular flexibility index (Phi) is 6.01. The highest BCUT2D eigenvalue weighted by molar-refractivity contribution is 5.77. The molecule has 0 saturated carbocycles. The monoisotopic (exact) mass is 438 g/mol. The third-order valence-corrected chi connectivity index (χ3v) is 6.25. The molecule has 2 atom stereocenters. The summed E-state index contributed by atoms with van der Waals surface area (Å²) in [7, 11) is 0. The van der Waals surface area contributed by atoms with E-state index in [4.69, 9.17) is 0 Å². The van der Waals surface area contributed by atoms with Crippen LogP contribution < -0.4 is 0 Å². The smallest absolute Gasteiger partial charge is 0.335 e. The first-order valence-corrected chi connectivity index (χ1v) is 10.3. The van der Waals surface area contributed by atoms with Gasteiger partial charge in [0.2, 0.25) is 5.91 Å². The Morgan fingerprint density at radius 2 is 1.61 bits per heavy atom. The van der Waals surface area contributed by atoms with E-state index in [2.05, 4.69) is 4.90 Å². The van der Waals surface area contributed by atoms with Crippen molar-refractivity contribution in [1.29, 1.82) is 0 Å². The predicted molar refractivity (Wildman–Crippen MR) is 105 cm³/mol. The third kappa shape index (κ3) is 4.89. The van der Waals surface area contributed by atoms with E-state index < -0.39 is 23.4 Å². The zero-order valence-electron chi connectivity index (χ0n) is 16.8. The molecule has 0 radical (unpaired) electrons. The van der Waals surface area contributed by atoms with Gasteiger partial charge in [-0.2, -0.15) is 13.2 Å². The highest BCUT2D eigenvalue weighted by Crippen LogP contribution is 2.34. The number of hydrogen-bond acceptors (Lipinski definition) is 2. The van der Waals surface area contributed by atoms with Crippen LogP contribution in [-0.4, -0.2) is 34.8 Å². The summed E-state index contributed by atoms with van der Waals surface area (Å²) in [5.41, 5.74) is 0.668. The largest absolute Gasteiger partial charge is 0.416 e. The minimum Gasteiger partial charge on any atom is -0.335 e. The number of amides is 1. The van der Waals surface area contributed by atoms with E-state index >= 15 is 0 Å². The van der Waals surface area contributed by atoms with Gasteiger partial charge in [0.05, 0.1) is 5.56 Å². The summed E-state index contributed by atoms with van der Waals surface area (Å²) < 4.78 is 65.0. The fraction of sp³-hybridized carbons (Fsp3) is 0.435. The molecule has 0 aliphatic carbocycles. The molecule has 1 amide bonds. The van der Waals surface area contributed by atoms with Gasteiger partial charge < -0.3 is 4.90 Å². The summed E-state index contributed by atoms with van der Waals surface area (Å²) >= 11 is 0. The van der Waals surface area contributed by atoms with Gasteiger partial charge in [-0.25, -0.2) is 8.78 Å². The SMILES string of the molecule is O=C1CC[C@@H]2CN(Cc3ccc(F)c(F)c3)CC[C@@H]2N1Cc1ccc(C(F)(F)F)cc1. The van der Waals surface area contributed by atoms with Crippen LogP contribution in [0.5, 0.6) is 0 Å². The summed E-state index contributed by atoms with van der Waals surface area (Å²) in [4.78, 5) is 16.6. The van der Waals surface area contributed by atoms with Crippen molar-refractivity contribution in [3.8, 4) is 0 Å². The molecular formula is C23H23F5N2O. The molecule has 2 aromatic carbocycles. The van der Waals surface area contributed by atoms with E-state index in [1.165, 1.54) is 18.2 Å². The molecule has 2 fully saturated rings. The topological polar surface area (TPSA) is 23.6 Å². The van der Waals surface area contributed by atoms with Crippen LogP contribution in [0.4, 0.5) is 22.0 Å². The first-order chi connectivity index (χ1) is 14.7. The molecule has 31 heavy (non-hydrogen) atoms. The van der Waals surface area contributed by atoms with Gasteiger partial charge in [-0.3, -0.25) is 9.69 Å². The summed E-state index contributed by atoms with van der Waals surface area (Å²) in [6.07, 6.45) is -2.49. The first-order valence-electron chi connectivity index (χ1n) is 10.3. The third-order valence-electron chi connectivity index (χ3n) is 6.25. The number of hydrogen-bond donors (Lipinski definition) is 0. The van der Waals surface area contributed by atoms with Gasteiger partial charge in [0.1, 0.15) is 0 Å². The molecule has 166 valence electrons. The number of rotatable bonds is 4. The van der Waals surface area contributed by atoms with Gasteiger partial charge in [-0.1, -0.05) is 18.2 Å². The number of benzene rings is 2. The van der Waals surface area contributed by atoms with Crippen LogP contribution in [0.3, 0.4) is 0 Å². The van der Waals surface area contributed by atoms with E-state index in [1.54, 1.807) is 11.0 Å². The number of carbonyl (C=O) groups is 1. The number of fused-ring (bicyclic) bond motifs is 1. The first kappa shape index (κ1) is 21.7. The van der Waals surface area contributed by atoms with Crippen LogP contribution in [0.15, 0.2) is 42.5 Å². The number of likely N-dealkylation sites (tertiary alicyclic amines) is 2. The van der Waals surface area contributed by atoms with Crippen molar-refractivity contribution in [3.63, 3.8) is 0 Å². The second kappa shape index (κ2) is 8.57. The average molecular weight is 438 g/mol. The molecule has 0 spiro atoms. The zero-order valence-corrected chi connectivity index (χ0v) is 16.8. The average Bonchev–Trinajstić information content (AvgIpc) is 2.72. The Morgan fingerprint density at radius 1 is 0.903 bits per heavy atom. The van der Waals surface area contributed by atoms with Crippen molar-refractivity contribution >= 4 is 5.91 Å². The standard InChI is InChI=1S/C23H23F5N2O/c24-19-7-3-16(11-20(19)25)12-29-10-9-21-17(14-29)4-8-22(31)30(21)13-15-1-5-18(6-2-15)23(26,27)28/h1-3,5-7,11,17,21H,4,8-10,12-14H2/t17-,21+/m1/s1. The van der Waals surface area contributed by atoms with Gasteiger partial charge in [-0.05, 0) is 54.2 Å². The van der Waals surface area contributed by atoms with Gasteiger partial charge in [0.15, 0.2) is 11.6 Å². The molecule has 8 heteroatoms. The Balaban J connectivity index is 1.41. The lowest BCUT2D eigenvalue weighted by molar-refractivity contribution is -0.142. The second-order valence-corrected chi connectivity index (χ2v) is 8.35. The number of nitrogens with zero attached hydrogens (tertiary/aromatic N) is 2. The molecule has 0 bridgehead atoms. The van der Waals surface area contributed by atoms with Crippen LogP contribution in [0.1, 0.15) is 36.0 Å². The molecule has 0 unspecified atom stereocenters. The molecule has 0 aromatic heterocycles.